The van der Waals surface area contributed by atoms with E-state index in [0.29, 0.717) is 6.47 Å². The molecule has 2 unspecified atom stereocenters. The van der Waals surface area contributed by atoms with Crippen molar-refractivity contribution in [1.82, 2.24) is 4.90 Å². The molecule has 0 aromatic rings. The summed E-state index contributed by atoms with van der Waals surface area (Å²) in [5.41, 5.74) is -5.68. The first-order chi connectivity index (χ1) is 11.8. The molecule has 1 fully saturated rings. The number of fused-ring (bicyclic) bond motifs is 2. The van der Waals surface area contributed by atoms with Crippen molar-refractivity contribution in [1.29, 1.82) is 0 Å². The molecule has 0 aromatic heterocycles. The zero-order valence-electron chi connectivity index (χ0n) is 16.0. The summed E-state index contributed by atoms with van der Waals surface area (Å²) in [5.74, 6) is -0.0899. The third-order valence-electron chi connectivity index (χ3n) is 3.61. The van der Waals surface area contributed by atoms with Crippen LogP contribution in [0.1, 0.15) is 53.9 Å². The van der Waals surface area contributed by atoms with E-state index in [-0.39, 0.29) is 29.9 Å². The van der Waals surface area contributed by atoms with Crippen molar-refractivity contribution in [2.75, 3.05) is 7.05 Å². The maximum absolute atomic E-state index is 12.1. The Morgan fingerprint density at radius 3 is 2.08 bits per heavy atom. The Morgan fingerprint density at radius 1 is 1.19 bits per heavy atom. The minimum Gasteiger partial charge on any atom is -0.462 e. The predicted octanol–water partition coefficient (Wildman–Crippen LogP) is 3.59. The van der Waals surface area contributed by atoms with Crippen LogP contribution in [0.5, 0.6) is 0 Å². The molecule has 2 aliphatic heterocycles. The largest absolute Gasteiger partial charge is 0.534 e. The molecule has 2 rings (SSSR count). The van der Waals surface area contributed by atoms with Crippen molar-refractivity contribution in [2.24, 2.45) is 0 Å². The number of likely N-dealkylation sites (N-methyl/N-ethyl adjacent to an activating group) is 1. The van der Waals surface area contributed by atoms with Crippen molar-refractivity contribution in [3.05, 3.63) is 11.8 Å². The number of carbonyl (C=O) groups is 1. The van der Waals surface area contributed by atoms with Gasteiger partial charge in [-0.3, -0.25) is 9.69 Å². The van der Waals surface area contributed by atoms with Crippen molar-refractivity contribution >= 4 is 16.6 Å². The van der Waals surface area contributed by atoms with Gasteiger partial charge in [-0.05, 0) is 46.7 Å². The molecule has 2 bridgehead atoms. The van der Waals surface area contributed by atoms with Gasteiger partial charge < -0.3 is 8.92 Å². The fraction of sp³-hybridized carbons (Fsp3) is 0.812. The number of halogens is 3. The molecule has 2 atom stereocenters. The first-order valence-electron chi connectivity index (χ1n) is 8.31. The molecule has 0 radical (unpaired) electrons. The smallest absolute Gasteiger partial charge is 0.462 e. The first kappa shape index (κ1) is 24.7. The molecule has 0 spiro atoms. The minimum atomic E-state index is -5.52. The molecule has 0 N–H and O–H groups in total. The van der Waals surface area contributed by atoms with E-state index in [0.717, 1.165) is 12.8 Å². The summed E-state index contributed by atoms with van der Waals surface area (Å²) in [5, 5.41) is 0. The Labute approximate surface area is 153 Å². The van der Waals surface area contributed by atoms with Crippen LogP contribution in [-0.4, -0.2) is 50.0 Å². The fourth-order valence-electron chi connectivity index (χ4n) is 2.40. The molecule has 2 aliphatic rings. The second kappa shape index (κ2) is 9.59. The minimum absolute atomic E-state index is 0.0211. The highest BCUT2D eigenvalue weighted by atomic mass is 32.2. The van der Waals surface area contributed by atoms with E-state index in [9.17, 15) is 26.4 Å². The first-order valence-corrected chi connectivity index (χ1v) is 9.72. The number of nitrogens with zero attached hydrogens (tertiary/aromatic N) is 1. The summed E-state index contributed by atoms with van der Waals surface area (Å²) in [6.45, 7) is 9.92. The SMILES string of the molecule is CC.CC(C)(C)OC=O.CN1C2C=C(OS(=O)(=O)C(F)(F)F)CC1CC2. The highest BCUT2D eigenvalue weighted by Crippen LogP contribution is 2.36. The Hall–Kier alpha value is -1.29. The van der Waals surface area contributed by atoms with Crippen LogP contribution in [-0.2, 0) is 23.8 Å². The predicted molar refractivity (Wildman–Crippen MR) is 91.6 cm³/mol. The van der Waals surface area contributed by atoms with Gasteiger partial charge in [0.15, 0.2) is 0 Å². The lowest BCUT2D eigenvalue weighted by Gasteiger charge is -2.29. The van der Waals surface area contributed by atoms with Crippen molar-refractivity contribution in [3.63, 3.8) is 0 Å². The van der Waals surface area contributed by atoms with Crippen LogP contribution in [0.3, 0.4) is 0 Å². The van der Waals surface area contributed by atoms with Crippen LogP contribution in [0.15, 0.2) is 11.8 Å². The van der Waals surface area contributed by atoms with Crippen LogP contribution in [0.25, 0.3) is 0 Å². The van der Waals surface area contributed by atoms with Gasteiger partial charge in [0.05, 0.1) is 0 Å². The topological polar surface area (TPSA) is 72.9 Å². The van der Waals surface area contributed by atoms with Crippen molar-refractivity contribution in [3.8, 4) is 0 Å². The van der Waals surface area contributed by atoms with Crippen LogP contribution in [0.2, 0.25) is 0 Å². The highest BCUT2D eigenvalue weighted by Gasteiger charge is 2.49. The number of rotatable bonds is 3. The highest BCUT2D eigenvalue weighted by molar-refractivity contribution is 7.87. The van der Waals surface area contributed by atoms with E-state index >= 15 is 0 Å². The van der Waals surface area contributed by atoms with Gasteiger partial charge in [-0.2, -0.15) is 21.6 Å². The summed E-state index contributed by atoms with van der Waals surface area (Å²) in [4.78, 5) is 11.6. The Bertz CT molecular complexity index is 582. The summed E-state index contributed by atoms with van der Waals surface area (Å²) in [6.07, 6.45) is 3.34. The molecule has 1 saturated heterocycles. The number of alkyl halides is 3. The number of hydrogen-bond acceptors (Lipinski definition) is 6. The summed E-state index contributed by atoms with van der Waals surface area (Å²) in [7, 11) is -3.65. The zero-order valence-corrected chi connectivity index (χ0v) is 16.8. The Kier molecular flexibility index (Phi) is 9.11. The lowest BCUT2D eigenvalue weighted by Crippen LogP contribution is -2.36. The molecular weight excluding hydrogens is 375 g/mol. The average Bonchev–Trinajstić information content (AvgIpc) is 2.70. The molecule has 26 heavy (non-hydrogen) atoms. The second-order valence-corrected chi connectivity index (χ2v) is 8.15. The van der Waals surface area contributed by atoms with Gasteiger partial charge in [-0.25, -0.2) is 0 Å². The molecule has 0 aliphatic carbocycles. The molecule has 6 nitrogen and oxygen atoms in total. The van der Waals surface area contributed by atoms with Crippen LogP contribution >= 0.6 is 0 Å². The average molecular weight is 403 g/mol. The summed E-state index contributed by atoms with van der Waals surface area (Å²) in [6, 6.07) is 0.0515. The molecule has 10 heteroatoms. The van der Waals surface area contributed by atoms with Gasteiger partial charge in [0.2, 0.25) is 0 Å². The van der Waals surface area contributed by atoms with Gasteiger partial charge in [-0.1, -0.05) is 13.8 Å². The van der Waals surface area contributed by atoms with E-state index in [4.69, 9.17) is 0 Å². The third kappa shape index (κ3) is 7.53. The van der Waals surface area contributed by atoms with Crippen molar-refractivity contribution in [2.45, 2.75) is 77.1 Å². The number of hydrogen-bond donors (Lipinski definition) is 0. The van der Waals surface area contributed by atoms with Crippen LogP contribution in [0, 0.1) is 0 Å². The van der Waals surface area contributed by atoms with Gasteiger partial charge in [0.1, 0.15) is 11.4 Å². The molecule has 2 heterocycles. The second-order valence-electron chi connectivity index (χ2n) is 6.61. The van der Waals surface area contributed by atoms with Gasteiger partial charge in [0.25, 0.3) is 6.47 Å². The Balaban J connectivity index is 0.000000589. The fourth-order valence-corrected chi connectivity index (χ4v) is 2.90. The normalized spacial score (nSPS) is 22.9. The number of ether oxygens (including phenoxy) is 1. The standard InChI is InChI=1S/C9H12F3NO3S.C5H10O2.C2H6/c1-13-6-2-3-7(13)5-8(4-6)16-17(14,15)9(10,11)12;1-5(2,3)7-4-6;1-2/h4,6-7H,2-3,5H2,1H3;4H,1-3H3;1-2H3. The van der Waals surface area contributed by atoms with E-state index in [1.54, 1.807) is 0 Å². The van der Waals surface area contributed by atoms with E-state index in [1.807, 2.05) is 46.6 Å². The molecule has 0 amide bonds. The van der Waals surface area contributed by atoms with Gasteiger partial charge >= 0.3 is 15.6 Å². The molecule has 154 valence electrons. The molecule has 0 aromatic carbocycles. The maximum atomic E-state index is 12.1. The molecular formula is C16H28F3NO5S. The van der Waals surface area contributed by atoms with Crippen LogP contribution in [0.4, 0.5) is 13.2 Å². The van der Waals surface area contributed by atoms with E-state index in [2.05, 4.69) is 8.92 Å². The quantitative estimate of drug-likeness (QED) is 0.407. The Morgan fingerprint density at radius 2 is 1.73 bits per heavy atom. The van der Waals surface area contributed by atoms with Gasteiger partial charge in [0, 0.05) is 18.5 Å². The summed E-state index contributed by atoms with van der Waals surface area (Å²) < 4.78 is 66.7. The maximum Gasteiger partial charge on any atom is 0.534 e. The summed E-state index contributed by atoms with van der Waals surface area (Å²) >= 11 is 0. The van der Waals surface area contributed by atoms with E-state index < -0.39 is 15.6 Å². The lowest BCUT2D eigenvalue weighted by molar-refractivity contribution is -0.138. The number of carbonyl (C=O) groups excluding carboxylic acids is 1. The zero-order chi connectivity index (χ0) is 20.8. The lowest BCUT2D eigenvalue weighted by atomic mass is 10.1. The van der Waals surface area contributed by atoms with E-state index in [1.165, 1.54) is 6.08 Å². The monoisotopic (exact) mass is 403 g/mol. The van der Waals surface area contributed by atoms with Crippen molar-refractivity contribution < 1.29 is 35.3 Å². The third-order valence-corrected chi connectivity index (χ3v) is 4.61. The molecule has 0 saturated carbocycles. The van der Waals surface area contributed by atoms with Gasteiger partial charge in [-0.15, -0.1) is 0 Å². The van der Waals surface area contributed by atoms with Crippen LogP contribution < -0.4 is 0 Å².